The summed E-state index contributed by atoms with van der Waals surface area (Å²) in [6, 6.07) is 17.5. The molecular formula is C20H13F2O2. The highest BCUT2D eigenvalue weighted by Crippen LogP contribution is 2.34. The molecule has 0 aromatic heterocycles. The molecule has 0 N–H and O–H groups in total. The van der Waals surface area contributed by atoms with Crippen LogP contribution in [0.3, 0.4) is 0 Å². The van der Waals surface area contributed by atoms with Gasteiger partial charge in [-0.25, -0.2) is 8.78 Å². The van der Waals surface area contributed by atoms with Crippen molar-refractivity contribution in [3.05, 3.63) is 83.4 Å². The zero-order chi connectivity index (χ0) is 16.5. The Morgan fingerprint density at radius 2 is 1.71 bits per heavy atom. The van der Waals surface area contributed by atoms with Crippen molar-refractivity contribution in [1.29, 1.82) is 0 Å². The van der Waals surface area contributed by atoms with E-state index < -0.39 is 0 Å². The zero-order valence-corrected chi connectivity index (χ0v) is 12.7. The summed E-state index contributed by atoms with van der Waals surface area (Å²) in [7, 11) is 0. The monoisotopic (exact) mass is 323 g/mol. The van der Waals surface area contributed by atoms with Crippen LogP contribution in [0, 0.1) is 17.7 Å². The Labute approximate surface area is 138 Å². The summed E-state index contributed by atoms with van der Waals surface area (Å²) >= 11 is 0. The van der Waals surface area contributed by atoms with Crippen molar-refractivity contribution in [1.82, 2.24) is 0 Å². The second-order valence-electron chi connectivity index (χ2n) is 5.55. The minimum atomic E-state index is -0.326. The van der Waals surface area contributed by atoms with Gasteiger partial charge in [0.05, 0.1) is 0 Å². The van der Waals surface area contributed by atoms with Crippen LogP contribution in [0.1, 0.15) is 11.1 Å². The van der Waals surface area contributed by atoms with E-state index in [1.807, 2.05) is 18.2 Å². The summed E-state index contributed by atoms with van der Waals surface area (Å²) < 4.78 is 38.2. The highest BCUT2D eigenvalue weighted by atomic mass is 19.1. The molecular weight excluding hydrogens is 310 g/mol. The third-order valence-electron chi connectivity index (χ3n) is 4.00. The summed E-state index contributed by atoms with van der Waals surface area (Å²) in [4.78, 5) is 0. The average Bonchev–Trinajstić information content (AvgIpc) is 3.05. The molecule has 0 bridgehead atoms. The molecule has 3 aromatic rings. The molecule has 1 radical (unpaired) electrons. The molecule has 0 atom stereocenters. The average molecular weight is 323 g/mol. The van der Waals surface area contributed by atoms with Crippen molar-refractivity contribution in [2.75, 3.05) is 6.79 Å². The van der Waals surface area contributed by atoms with E-state index in [1.54, 1.807) is 12.1 Å². The standard InChI is InChI=1S/C20H13F2O2/c21-15-7-5-14(6-8-15)16-2-1-3-18(22)17(16)10-13-4-9-19-20(11-13)24-12-23-19/h1,3-9,11H,10,12H2. The first kappa shape index (κ1) is 14.7. The van der Waals surface area contributed by atoms with E-state index in [0.717, 1.165) is 11.1 Å². The molecule has 0 amide bonds. The van der Waals surface area contributed by atoms with Gasteiger partial charge in [-0.1, -0.05) is 24.3 Å². The molecule has 0 spiro atoms. The number of ether oxygens (including phenoxy) is 2. The number of halogens is 2. The summed E-state index contributed by atoms with van der Waals surface area (Å²) in [5, 5.41) is 0. The minimum absolute atomic E-state index is 0.201. The van der Waals surface area contributed by atoms with Crippen LogP contribution in [0.25, 0.3) is 11.1 Å². The van der Waals surface area contributed by atoms with Crippen LogP contribution in [0.2, 0.25) is 0 Å². The van der Waals surface area contributed by atoms with E-state index in [4.69, 9.17) is 9.47 Å². The lowest BCUT2D eigenvalue weighted by atomic mass is 9.94. The van der Waals surface area contributed by atoms with Crippen molar-refractivity contribution >= 4 is 0 Å². The van der Waals surface area contributed by atoms with Crippen molar-refractivity contribution < 1.29 is 18.3 Å². The van der Waals surface area contributed by atoms with Gasteiger partial charge in [0.2, 0.25) is 6.79 Å². The normalized spacial score (nSPS) is 12.4. The van der Waals surface area contributed by atoms with E-state index in [9.17, 15) is 8.78 Å². The van der Waals surface area contributed by atoms with E-state index in [-0.39, 0.29) is 18.4 Å². The fourth-order valence-corrected chi connectivity index (χ4v) is 2.81. The van der Waals surface area contributed by atoms with Crippen LogP contribution in [0.4, 0.5) is 8.78 Å². The second kappa shape index (κ2) is 5.96. The SMILES string of the molecule is Fc1ccc(-c2[c]ccc(F)c2Cc2ccc3c(c2)OCO3)cc1. The van der Waals surface area contributed by atoms with Crippen molar-refractivity contribution in [2.45, 2.75) is 6.42 Å². The molecule has 24 heavy (non-hydrogen) atoms. The first-order valence-electron chi connectivity index (χ1n) is 7.54. The van der Waals surface area contributed by atoms with Gasteiger partial charge in [0.25, 0.3) is 0 Å². The number of hydrogen-bond acceptors (Lipinski definition) is 2. The summed E-state index contributed by atoms with van der Waals surface area (Å²) in [6.45, 7) is 0.201. The van der Waals surface area contributed by atoms with Gasteiger partial charge in [-0.15, -0.1) is 0 Å². The molecule has 0 saturated carbocycles. The van der Waals surface area contributed by atoms with Crippen molar-refractivity contribution in [2.24, 2.45) is 0 Å². The van der Waals surface area contributed by atoms with Crippen LogP contribution in [-0.4, -0.2) is 6.79 Å². The molecule has 0 unspecified atom stereocenters. The Morgan fingerprint density at radius 3 is 2.54 bits per heavy atom. The van der Waals surface area contributed by atoms with Crippen LogP contribution in [0.5, 0.6) is 11.5 Å². The van der Waals surface area contributed by atoms with Gasteiger partial charge in [0.1, 0.15) is 11.6 Å². The topological polar surface area (TPSA) is 18.5 Å². The number of hydrogen-bond donors (Lipinski definition) is 0. The summed E-state index contributed by atoms with van der Waals surface area (Å²) in [5.41, 5.74) is 2.78. The Morgan fingerprint density at radius 1 is 0.917 bits per heavy atom. The summed E-state index contributed by atoms with van der Waals surface area (Å²) in [6.07, 6.45) is 0.381. The third kappa shape index (κ3) is 2.71. The fraction of sp³-hybridized carbons (Fsp3) is 0.100. The van der Waals surface area contributed by atoms with Crippen LogP contribution >= 0.6 is 0 Å². The molecule has 0 fully saturated rings. The lowest BCUT2D eigenvalue weighted by Crippen LogP contribution is -1.97. The van der Waals surface area contributed by atoms with E-state index >= 15 is 0 Å². The maximum Gasteiger partial charge on any atom is 0.231 e. The number of benzene rings is 3. The Hall–Kier alpha value is -2.88. The molecule has 2 nitrogen and oxygen atoms in total. The smallest absolute Gasteiger partial charge is 0.231 e. The largest absolute Gasteiger partial charge is 0.454 e. The first-order valence-corrected chi connectivity index (χ1v) is 7.54. The van der Waals surface area contributed by atoms with Crippen molar-refractivity contribution in [3.63, 3.8) is 0 Å². The van der Waals surface area contributed by atoms with Crippen LogP contribution in [0.15, 0.2) is 54.6 Å². The molecule has 1 heterocycles. The van der Waals surface area contributed by atoms with E-state index in [1.165, 1.54) is 24.3 Å². The Balaban J connectivity index is 1.73. The predicted octanol–water partition coefficient (Wildman–Crippen LogP) is 4.75. The maximum atomic E-state index is 14.4. The van der Waals surface area contributed by atoms with E-state index in [2.05, 4.69) is 6.07 Å². The lowest BCUT2D eigenvalue weighted by molar-refractivity contribution is 0.174. The van der Waals surface area contributed by atoms with E-state index in [0.29, 0.717) is 29.0 Å². The molecule has 0 aliphatic carbocycles. The molecule has 4 rings (SSSR count). The lowest BCUT2D eigenvalue weighted by Gasteiger charge is -2.11. The van der Waals surface area contributed by atoms with Gasteiger partial charge < -0.3 is 9.47 Å². The van der Waals surface area contributed by atoms with Gasteiger partial charge in [-0.2, -0.15) is 0 Å². The van der Waals surface area contributed by atoms with Gasteiger partial charge in [0, 0.05) is 12.0 Å². The molecule has 0 saturated heterocycles. The minimum Gasteiger partial charge on any atom is -0.454 e. The maximum absolute atomic E-state index is 14.4. The fourth-order valence-electron chi connectivity index (χ4n) is 2.81. The predicted molar refractivity (Wildman–Crippen MR) is 86.0 cm³/mol. The van der Waals surface area contributed by atoms with Gasteiger partial charge in [-0.3, -0.25) is 0 Å². The zero-order valence-electron chi connectivity index (χ0n) is 12.7. The van der Waals surface area contributed by atoms with Gasteiger partial charge in [-0.05, 0) is 53.1 Å². The quantitative estimate of drug-likeness (QED) is 0.692. The number of rotatable bonds is 3. The van der Waals surface area contributed by atoms with Crippen LogP contribution < -0.4 is 9.47 Å². The molecule has 1 aliphatic rings. The molecule has 119 valence electrons. The second-order valence-corrected chi connectivity index (χ2v) is 5.55. The highest BCUT2D eigenvalue weighted by molar-refractivity contribution is 5.67. The Kier molecular flexibility index (Phi) is 3.65. The summed E-state index contributed by atoms with van der Waals surface area (Å²) in [5.74, 6) is 0.715. The number of fused-ring (bicyclic) bond motifs is 1. The molecule has 4 heteroatoms. The Bertz CT molecular complexity index is 889. The molecule has 3 aromatic carbocycles. The molecule has 1 aliphatic heterocycles. The van der Waals surface area contributed by atoms with Gasteiger partial charge >= 0.3 is 0 Å². The third-order valence-corrected chi connectivity index (χ3v) is 4.00. The van der Waals surface area contributed by atoms with Crippen molar-refractivity contribution in [3.8, 4) is 22.6 Å². The van der Waals surface area contributed by atoms with Gasteiger partial charge in [0.15, 0.2) is 11.5 Å². The highest BCUT2D eigenvalue weighted by Gasteiger charge is 2.16. The first-order chi connectivity index (χ1) is 11.7. The van der Waals surface area contributed by atoms with Crippen LogP contribution in [-0.2, 0) is 6.42 Å².